The van der Waals surface area contributed by atoms with E-state index >= 15 is 0 Å². The number of carbonyl (C=O) groups is 1. The molecule has 1 fully saturated rings. The number of alkyl carbamates (subject to hydrolysis) is 1. The van der Waals surface area contributed by atoms with E-state index in [9.17, 15) is 4.79 Å². The van der Waals surface area contributed by atoms with Crippen molar-refractivity contribution in [3.63, 3.8) is 0 Å². The molecule has 1 saturated heterocycles. The second kappa shape index (κ2) is 6.25. The maximum atomic E-state index is 11.2. The minimum atomic E-state index is -0.420. The lowest BCUT2D eigenvalue weighted by Crippen LogP contribution is -2.59. The molecule has 2 aromatic heterocycles. The number of H-pyrrole nitrogens is 1. The number of fused-ring (bicyclic) bond motifs is 1. The first-order chi connectivity index (χ1) is 12.1. The summed E-state index contributed by atoms with van der Waals surface area (Å²) in [5, 5.41) is 3.30. The summed E-state index contributed by atoms with van der Waals surface area (Å²) in [4.78, 5) is 25.5. The Morgan fingerprint density at radius 1 is 1.40 bits per heavy atom. The van der Waals surface area contributed by atoms with Gasteiger partial charge in [0.1, 0.15) is 11.6 Å². The van der Waals surface area contributed by atoms with E-state index in [0.717, 1.165) is 22.4 Å². The lowest BCUT2D eigenvalue weighted by atomic mass is 10.1. The first kappa shape index (κ1) is 15.7. The Labute approximate surface area is 149 Å². The van der Waals surface area contributed by atoms with Crippen LogP contribution in [0.25, 0.3) is 22.4 Å². The molecule has 0 bridgehead atoms. The number of aromatic amines is 1. The van der Waals surface area contributed by atoms with Gasteiger partial charge in [0.25, 0.3) is 0 Å². The maximum absolute atomic E-state index is 11.2. The first-order valence-electron chi connectivity index (χ1n) is 7.84. The number of amides is 1. The minimum absolute atomic E-state index is 0.0552. The lowest BCUT2D eigenvalue weighted by molar-refractivity contribution is 0.164. The molecule has 1 amide bonds. The molecule has 1 aliphatic heterocycles. The number of ether oxygens (including phenoxy) is 1. The molecule has 0 unspecified atom stereocenters. The molecule has 2 N–H and O–H groups in total. The monoisotopic (exact) mass is 357 g/mol. The van der Waals surface area contributed by atoms with Gasteiger partial charge in [0.2, 0.25) is 0 Å². The van der Waals surface area contributed by atoms with E-state index in [1.54, 1.807) is 6.20 Å². The molecule has 0 spiro atoms. The predicted molar refractivity (Wildman–Crippen MR) is 95.9 cm³/mol. The van der Waals surface area contributed by atoms with Crippen molar-refractivity contribution in [2.24, 2.45) is 0 Å². The number of aromatic nitrogens is 3. The summed E-state index contributed by atoms with van der Waals surface area (Å²) in [6, 6.07) is 9.79. The number of imidazole rings is 1. The number of methoxy groups -OCH3 is 1. The van der Waals surface area contributed by atoms with Crippen LogP contribution in [0.2, 0.25) is 5.02 Å². The van der Waals surface area contributed by atoms with E-state index in [0.29, 0.717) is 23.9 Å². The van der Waals surface area contributed by atoms with Gasteiger partial charge in [0.15, 0.2) is 0 Å². The Hall–Kier alpha value is -2.80. The van der Waals surface area contributed by atoms with Crippen molar-refractivity contribution in [3.8, 4) is 11.4 Å². The van der Waals surface area contributed by atoms with E-state index in [2.05, 4.69) is 29.9 Å². The number of para-hydroxylation sites is 2. The van der Waals surface area contributed by atoms with E-state index in [-0.39, 0.29) is 6.04 Å². The topological polar surface area (TPSA) is 83.1 Å². The standard InChI is InChI=1S/C17H16ClN5O2/c1-25-17(24)20-10-8-23(9-10)15-6-11(12(18)7-19-15)16-21-13-4-2-3-5-14(13)22-16/h2-7,10H,8-9H2,1H3,(H,20,24)(H,21,22). The van der Waals surface area contributed by atoms with E-state index in [1.807, 2.05) is 30.3 Å². The molecule has 0 saturated carbocycles. The SMILES string of the molecule is COC(=O)NC1CN(c2cc(-c3nc4ccccc4[nH]3)c(Cl)cn2)C1. The van der Waals surface area contributed by atoms with Crippen LogP contribution in [0, 0.1) is 0 Å². The fourth-order valence-electron chi connectivity index (χ4n) is 2.84. The molecule has 0 radical (unpaired) electrons. The molecule has 3 heterocycles. The van der Waals surface area contributed by atoms with Crippen molar-refractivity contribution < 1.29 is 9.53 Å². The largest absolute Gasteiger partial charge is 0.453 e. The highest BCUT2D eigenvalue weighted by Crippen LogP contribution is 2.31. The Balaban J connectivity index is 1.56. The molecule has 1 aliphatic rings. The van der Waals surface area contributed by atoms with Crippen LogP contribution in [-0.2, 0) is 4.74 Å². The maximum Gasteiger partial charge on any atom is 0.407 e. The summed E-state index contributed by atoms with van der Waals surface area (Å²) in [7, 11) is 1.35. The summed E-state index contributed by atoms with van der Waals surface area (Å²) >= 11 is 6.33. The molecule has 25 heavy (non-hydrogen) atoms. The van der Waals surface area contributed by atoms with Crippen molar-refractivity contribution in [3.05, 3.63) is 41.6 Å². The van der Waals surface area contributed by atoms with Crippen LogP contribution in [0.4, 0.5) is 10.6 Å². The summed E-state index contributed by atoms with van der Waals surface area (Å²) in [5.74, 6) is 1.50. The zero-order chi connectivity index (χ0) is 17.4. The number of nitrogens with one attached hydrogen (secondary N) is 2. The summed E-state index contributed by atoms with van der Waals surface area (Å²) in [6.07, 6.45) is 1.21. The van der Waals surface area contributed by atoms with Gasteiger partial charge < -0.3 is 19.9 Å². The highest BCUT2D eigenvalue weighted by atomic mass is 35.5. The van der Waals surface area contributed by atoms with E-state index < -0.39 is 6.09 Å². The quantitative estimate of drug-likeness (QED) is 0.753. The number of hydrogen-bond acceptors (Lipinski definition) is 5. The number of rotatable bonds is 3. The normalized spacial score (nSPS) is 14.4. The lowest BCUT2D eigenvalue weighted by Gasteiger charge is -2.40. The number of hydrogen-bond donors (Lipinski definition) is 2. The van der Waals surface area contributed by atoms with E-state index in [1.165, 1.54) is 7.11 Å². The van der Waals surface area contributed by atoms with Crippen LogP contribution in [0.15, 0.2) is 36.5 Å². The molecule has 8 heteroatoms. The molecule has 128 valence electrons. The van der Waals surface area contributed by atoms with Crippen LogP contribution in [0.3, 0.4) is 0 Å². The van der Waals surface area contributed by atoms with Gasteiger partial charge in [-0.25, -0.2) is 14.8 Å². The van der Waals surface area contributed by atoms with Crippen molar-refractivity contribution >= 4 is 34.5 Å². The predicted octanol–water partition coefficient (Wildman–Crippen LogP) is 2.82. The number of benzene rings is 1. The summed E-state index contributed by atoms with van der Waals surface area (Å²) in [6.45, 7) is 1.34. The zero-order valence-electron chi connectivity index (χ0n) is 13.5. The van der Waals surface area contributed by atoms with Gasteiger partial charge in [0.05, 0.1) is 29.2 Å². The van der Waals surface area contributed by atoms with Gasteiger partial charge in [0, 0.05) is 24.8 Å². The van der Waals surface area contributed by atoms with Crippen LogP contribution >= 0.6 is 11.6 Å². The Kier molecular flexibility index (Phi) is 3.93. The van der Waals surface area contributed by atoms with Crippen LogP contribution in [0.5, 0.6) is 0 Å². The number of halogens is 1. The van der Waals surface area contributed by atoms with Gasteiger partial charge >= 0.3 is 6.09 Å². The van der Waals surface area contributed by atoms with Gasteiger partial charge in [-0.15, -0.1) is 0 Å². The van der Waals surface area contributed by atoms with Crippen molar-refractivity contribution in [1.82, 2.24) is 20.3 Å². The molecule has 1 aromatic carbocycles. The van der Waals surface area contributed by atoms with Gasteiger partial charge in [-0.05, 0) is 18.2 Å². The van der Waals surface area contributed by atoms with Gasteiger partial charge in [-0.2, -0.15) is 0 Å². The molecule has 0 atom stereocenters. The highest BCUT2D eigenvalue weighted by molar-refractivity contribution is 6.33. The molecule has 4 rings (SSSR count). The van der Waals surface area contributed by atoms with Crippen LogP contribution < -0.4 is 10.2 Å². The summed E-state index contributed by atoms with van der Waals surface area (Å²) < 4.78 is 4.60. The highest BCUT2D eigenvalue weighted by Gasteiger charge is 2.29. The molecule has 3 aromatic rings. The van der Waals surface area contributed by atoms with Crippen LogP contribution in [-0.4, -0.2) is 47.3 Å². The Morgan fingerprint density at radius 3 is 2.96 bits per heavy atom. The molecular formula is C17H16ClN5O2. The minimum Gasteiger partial charge on any atom is -0.453 e. The fourth-order valence-corrected chi connectivity index (χ4v) is 3.04. The average molecular weight is 358 g/mol. The third-order valence-corrected chi connectivity index (χ3v) is 4.50. The third-order valence-electron chi connectivity index (χ3n) is 4.20. The number of nitrogens with zero attached hydrogens (tertiary/aromatic N) is 3. The third kappa shape index (κ3) is 2.98. The first-order valence-corrected chi connectivity index (χ1v) is 8.22. The number of pyridine rings is 1. The average Bonchev–Trinajstić information content (AvgIpc) is 3.02. The van der Waals surface area contributed by atoms with Crippen LogP contribution in [0.1, 0.15) is 0 Å². The fraction of sp³-hybridized carbons (Fsp3) is 0.235. The van der Waals surface area contributed by atoms with E-state index in [4.69, 9.17) is 11.6 Å². The molecule has 7 nitrogen and oxygen atoms in total. The second-order valence-electron chi connectivity index (χ2n) is 5.86. The molecular weight excluding hydrogens is 342 g/mol. The second-order valence-corrected chi connectivity index (χ2v) is 6.27. The van der Waals surface area contributed by atoms with Gasteiger partial charge in [-0.3, -0.25) is 0 Å². The number of anilines is 1. The van der Waals surface area contributed by atoms with Crippen molar-refractivity contribution in [2.75, 3.05) is 25.1 Å². The Bertz CT molecular complexity index is 903. The van der Waals surface area contributed by atoms with Gasteiger partial charge in [-0.1, -0.05) is 23.7 Å². The van der Waals surface area contributed by atoms with Crippen molar-refractivity contribution in [2.45, 2.75) is 6.04 Å². The summed E-state index contributed by atoms with van der Waals surface area (Å²) in [5.41, 5.74) is 2.64. The smallest absolute Gasteiger partial charge is 0.407 e. The van der Waals surface area contributed by atoms with Crippen molar-refractivity contribution in [1.29, 1.82) is 0 Å². The molecule has 0 aliphatic carbocycles. The zero-order valence-corrected chi connectivity index (χ0v) is 14.2. The Morgan fingerprint density at radius 2 is 2.20 bits per heavy atom. The number of carbonyl (C=O) groups excluding carboxylic acids is 1.